The zero-order valence-electron chi connectivity index (χ0n) is 12.2. The third-order valence-corrected chi connectivity index (χ3v) is 3.73. The van der Waals surface area contributed by atoms with Gasteiger partial charge in [-0.2, -0.15) is 0 Å². The van der Waals surface area contributed by atoms with Gasteiger partial charge in [-0.25, -0.2) is 0 Å². The fraction of sp³-hybridized carbons (Fsp3) is 1.00. The van der Waals surface area contributed by atoms with Crippen LogP contribution in [0, 0.1) is 5.92 Å². The van der Waals surface area contributed by atoms with Crippen LogP contribution in [0.2, 0.25) is 0 Å². The van der Waals surface area contributed by atoms with Crippen molar-refractivity contribution in [1.82, 2.24) is 10.2 Å². The van der Waals surface area contributed by atoms with Crippen LogP contribution in [0.4, 0.5) is 0 Å². The smallest absolute Gasteiger partial charge is 0.0855 e. The van der Waals surface area contributed by atoms with Crippen LogP contribution in [-0.2, 0) is 4.74 Å². The second kappa shape index (κ2) is 7.34. The molecule has 0 spiro atoms. The molecule has 1 N–H and O–H groups in total. The fourth-order valence-electron chi connectivity index (χ4n) is 2.44. The number of nitrogens with one attached hydrogen (secondary N) is 1. The molecule has 2 atom stereocenters. The molecule has 1 aliphatic rings. The van der Waals surface area contributed by atoms with Gasteiger partial charge in [0.25, 0.3) is 0 Å². The average molecular weight is 242 g/mol. The van der Waals surface area contributed by atoms with Crippen molar-refractivity contribution in [2.75, 3.05) is 26.7 Å². The lowest BCUT2D eigenvalue weighted by Crippen LogP contribution is -2.53. The first-order valence-electron chi connectivity index (χ1n) is 7.07. The van der Waals surface area contributed by atoms with E-state index >= 15 is 0 Å². The molecule has 0 aromatic carbocycles. The van der Waals surface area contributed by atoms with Gasteiger partial charge in [-0.05, 0) is 39.7 Å². The van der Waals surface area contributed by atoms with Crippen molar-refractivity contribution in [2.45, 2.75) is 58.7 Å². The van der Waals surface area contributed by atoms with Gasteiger partial charge >= 0.3 is 0 Å². The highest BCUT2D eigenvalue weighted by atomic mass is 16.5. The predicted octanol–water partition coefficient (Wildman–Crippen LogP) is 2.12. The zero-order valence-corrected chi connectivity index (χ0v) is 12.2. The lowest BCUT2D eigenvalue weighted by molar-refractivity contribution is -0.0560. The van der Waals surface area contributed by atoms with Crippen LogP contribution in [-0.4, -0.2) is 49.8 Å². The largest absolute Gasteiger partial charge is 0.374 e. The van der Waals surface area contributed by atoms with E-state index in [1.807, 2.05) is 0 Å². The van der Waals surface area contributed by atoms with E-state index in [0.717, 1.165) is 25.6 Å². The Labute approximate surface area is 107 Å². The van der Waals surface area contributed by atoms with E-state index in [4.69, 9.17) is 4.74 Å². The molecule has 0 amide bonds. The summed E-state index contributed by atoms with van der Waals surface area (Å²) < 4.78 is 5.94. The number of hydrogen-bond donors (Lipinski definition) is 1. The van der Waals surface area contributed by atoms with Crippen LogP contribution in [0.3, 0.4) is 0 Å². The van der Waals surface area contributed by atoms with Gasteiger partial charge in [0.15, 0.2) is 0 Å². The van der Waals surface area contributed by atoms with E-state index in [0.29, 0.717) is 18.2 Å². The number of likely N-dealkylation sites (N-methyl/N-ethyl adjacent to an activating group) is 1. The van der Waals surface area contributed by atoms with Crippen LogP contribution in [0.5, 0.6) is 0 Å². The Balaban J connectivity index is 2.44. The summed E-state index contributed by atoms with van der Waals surface area (Å²) in [5.74, 6) is 0.774. The number of hydrogen-bond acceptors (Lipinski definition) is 3. The summed E-state index contributed by atoms with van der Waals surface area (Å²) in [5.41, 5.74) is 0. The van der Waals surface area contributed by atoms with Gasteiger partial charge < -0.3 is 10.1 Å². The second-order valence-electron chi connectivity index (χ2n) is 5.86. The summed E-state index contributed by atoms with van der Waals surface area (Å²) >= 11 is 0. The molecule has 0 bridgehead atoms. The third kappa shape index (κ3) is 4.94. The van der Waals surface area contributed by atoms with Crippen molar-refractivity contribution in [1.29, 1.82) is 0 Å². The van der Waals surface area contributed by atoms with E-state index in [9.17, 15) is 0 Å². The van der Waals surface area contributed by atoms with Crippen LogP contribution in [0.1, 0.15) is 40.5 Å². The maximum Gasteiger partial charge on any atom is 0.0855 e. The predicted molar refractivity (Wildman–Crippen MR) is 73.4 cm³/mol. The zero-order chi connectivity index (χ0) is 12.8. The highest BCUT2D eigenvalue weighted by Gasteiger charge is 2.28. The van der Waals surface area contributed by atoms with Crippen LogP contribution in [0.25, 0.3) is 0 Å². The Bertz CT molecular complexity index is 206. The van der Waals surface area contributed by atoms with Crippen molar-refractivity contribution >= 4 is 0 Å². The first kappa shape index (κ1) is 14.9. The molecule has 17 heavy (non-hydrogen) atoms. The molecule has 0 aromatic heterocycles. The van der Waals surface area contributed by atoms with Gasteiger partial charge in [0.2, 0.25) is 0 Å². The average Bonchev–Trinajstić information content (AvgIpc) is 2.30. The van der Waals surface area contributed by atoms with Crippen molar-refractivity contribution in [2.24, 2.45) is 5.92 Å². The van der Waals surface area contributed by atoms with Crippen molar-refractivity contribution in [3.8, 4) is 0 Å². The molecular weight excluding hydrogens is 212 g/mol. The molecule has 1 fully saturated rings. The van der Waals surface area contributed by atoms with Gasteiger partial charge in [-0.1, -0.05) is 13.8 Å². The van der Waals surface area contributed by atoms with Gasteiger partial charge in [0, 0.05) is 25.2 Å². The quantitative estimate of drug-likeness (QED) is 0.772. The van der Waals surface area contributed by atoms with Crippen LogP contribution in [0.15, 0.2) is 0 Å². The standard InChI is InChI=1S/C14H30N2O/c1-11(2)6-7-13(15-5)14-10-16(12(3)4)8-9-17-14/h11-15H,6-10H2,1-5H3. The maximum atomic E-state index is 5.94. The molecule has 1 heterocycles. The van der Waals surface area contributed by atoms with Gasteiger partial charge in [-0.3, -0.25) is 4.90 Å². The molecule has 3 heteroatoms. The Morgan fingerprint density at radius 1 is 1.24 bits per heavy atom. The highest BCUT2D eigenvalue weighted by molar-refractivity contribution is 4.83. The van der Waals surface area contributed by atoms with E-state index in [-0.39, 0.29) is 0 Å². The Morgan fingerprint density at radius 2 is 1.94 bits per heavy atom. The molecule has 102 valence electrons. The second-order valence-corrected chi connectivity index (χ2v) is 5.86. The van der Waals surface area contributed by atoms with Crippen molar-refractivity contribution in [3.63, 3.8) is 0 Å². The highest BCUT2D eigenvalue weighted by Crippen LogP contribution is 2.16. The summed E-state index contributed by atoms with van der Waals surface area (Å²) in [6.07, 6.45) is 2.84. The maximum absolute atomic E-state index is 5.94. The number of morpholine rings is 1. The summed E-state index contributed by atoms with van der Waals surface area (Å²) in [4.78, 5) is 2.52. The van der Waals surface area contributed by atoms with E-state index in [1.165, 1.54) is 12.8 Å². The van der Waals surface area contributed by atoms with Gasteiger partial charge in [0.05, 0.1) is 12.7 Å². The number of rotatable bonds is 6. The molecule has 0 radical (unpaired) electrons. The summed E-state index contributed by atoms with van der Waals surface area (Å²) in [5, 5.41) is 3.43. The number of ether oxygens (including phenoxy) is 1. The number of nitrogens with zero attached hydrogens (tertiary/aromatic N) is 1. The topological polar surface area (TPSA) is 24.5 Å². The lowest BCUT2D eigenvalue weighted by Gasteiger charge is -2.39. The molecule has 0 aliphatic carbocycles. The minimum atomic E-state index is 0.356. The SMILES string of the molecule is CNC(CCC(C)C)C1CN(C(C)C)CCO1. The minimum Gasteiger partial charge on any atom is -0.374 e. The molecular formula is C14H30N2O. The van der Waals surface area contributed by atoms with E-state index < -0.39 is 0 Å². The van der Waals surface area contributed by atoms with E-state index in [1.54, 1.807) is 0 Å². The van der Waals surface area contributed by atoms with Crippen LogP contribution < -0.4 is 5.32 Å². The van der Waals surface area contributed by atoms with Crippen molar-refractivity contribution < 1.29 is 4.74 Å². The minimum absolute atomic E-state index is 0.356. The Morgan fingerprint density at radius 3 is 2.47 bits per heavy atom. The van der Waals surface area contributed by atoms with Crippen molar-refractivity contribution in [3.05, 3.63) is 0 Å². The van der Waals surface area contributed by atoms with Crippen LogP contribution >= 0.6 is 0 Å². The van der Waals surface area contributed by atoms with Gasteiger partial charge in [-0.15, -0.1) is 0 Å². The fourth-order valence-corrected chi connectivity index (χ4v) is 2.44. The molecule has 1 rings (SSSR count). The monoisotopic (exact) mass is 242 g/mol. The molecule has 2 unspecified atom stereocenters. The lowest BCUT2D eigenvalue weighted by atomic mass is 9.98. The Kier molecular flexibility index (Phi) is 6.45. The molecule has 1 aliphatic heterocycles. The summed E-state index contributed by atoms with van der Waals surface area (Å²) in [7, 11) is 2.06. The molecule has 3 nitrogen and oxygen atoms in total. The summed E-state index contributed by atoms with van der Waals surface area (Å²) in [6, 6.07) is 1.13. The molecule has 0 saturated carbocycles. The van der Waals surface area contributed by atoms with E-state index in [2.05, 4.69) is 45.0 Å². The third-order valence-electron chi connectivity index (χ3n) is 3.73. The first-order chi connectivity index (χ1) is 8.04. The first-order valence-corrected chi connectivity index (χ1v) is 7.07. The summed E-state index contributed by atoms with van der Waals surface area (Å²) in [6.45, 7) is 12.1. The van der Waals surface area contributed by atoms with Gasteiger partial charge in [0.1, 0.15) is 0 Å². The Hall–Kier alpha value is -0.120. The molecule has 0 aromatic rings. The normalized spacial score (nSPS) is 24.5. The molecule has 1 saturated heterocycles.